The summed E-state index contributed by atoms with van der Waals surface area (Å²) in [6, 6.07) is 5.76. The van der Waals surface area contributed by atoms with Crippen LogP contribution in [0.3, 0.4) is 0 Å². The molecule has 2 rings (SSSR count). The molecule has 2 unspecified atom stereocenters. The van der Waals surface area contributed by atoms with E-state index in [-0.39, 0.29) is 0 Å². The molecule has 0 amide bonds. The molecule has 1 fully saturated rings. The van der Waals surface area contributed by atoms with E-state index in [1.54, 1.807) is 12.1 Å². The zero-order valence-electron chi connectivity index (χ0n) is 9.97. The second-order valence-electron chi connectivity index (χ2n) is 4.54. The van der Waals surface area contributed by atoms with E-state index in [1.165, 1.54) is 13.3 Å². The zero-order valence-corrected chi connectivity index (χ0v) is 10.7. The summed E-state index contributed by atoms with van der Waals surface area (Å²) in [5.41, 5.74) is 1.52. The highest BCUT2D eigenvalue weighted by Crippen LogP contribution is 2.28. The van der Waals surface area contributed by atoms with Gasteiger partial charge in [0.05, 0.1) is 10.7 Å². The van der Waals surface area contributed by atoms with Crippen LogP contribution in [0.1, 0.15) is 31.5 Å². The van der Waals surface area contributed by atoms with Crippen LogP contribution < -0.4 is 10.6 Å². The van der Waals surface area contributed by atoms with Gasteiger partial charge < -0.3 is 10.6 Å². The summed E-state index contributed by atoms with van der Waals surface area (Å²) in [6.45, 7) is 3.56. The van der Waals surface area contributed by atoms with Crippen molar-refractivity contribution in [1.29, 1.82) is 0 Å². The number of hydrogen-bond acceptors (Lipinski definition) is 2. The molecule has 1 aliphatic rings. The van der Waals surface area contributed by atoms with Gasteiger partial charge in [-0.2, -0.15) is 0 Å². The topological polar surface area (TPSA) is 24.1 Å². The Labute approximate surface area is 107 Å². The number of rotatable bonds is 3. The number of benzene rings is 1. The van der Waals surface area contributed by atoms with Gasteiger partial charge in [-0.25, -0.2) is 4.39 Å². The predicted molar refractivity (Wildman–Crippen MR) is 70.5 cm³/mol. The minimum atomic E-state index is -0.974. The van der Waals surface area contributed by atoms with Gasteiger partial charge >= 0.3 is 0 Å². The summed E-state index contributed by atoms with van der Waals surface area (Å²) in [7, 11) is 0. The second-order valence-corrected chi connectivity index (χ2v) is 4.95. The van der Waals surface area contributed by atoms with Gasteiger partial charge in [-0.05, 0) is 44.0 Å². The molecule has 1 saturated heterocycles. The van der Waals surface area contributed by atoms with E-state index in [0.29, 0.717) is 16.6 Å². The van der Waals surface area contributed by atoms with Crippen molar-refractivity contribution in [3.05, 3.63) is 28.8 Å². The summed E-state index contributed by atoms with van der Waals surface area (Å²) in [5, 5.41) is 7.33. The standard InChI is InChI=1S/C13H18ClFN2/c1-9(15)10-4-5-13(12(14)7-10)17-11-3-2-6-16-8-11/h4-5,7,9,11,16-17H,2-3,6,8H2,1H3. The summed E-state index contributed by atoms with van der Waals surface area (Å²) in [6.07, 6.45) is 1.34. The second kappa shape index (κ2) is 5.69. The SMILES string of the molecule is CC(F)c1ccc(NC2CCCNC2)c(Cl)c1. The van der Waals surface area contributed by atoms with E-state index < -0.39 is 6.17 Å². The maximum Gasteiger partial charge on any atom is 0.122 e. The molecule has 0 spiro atoms. The summed E-state index contributed by atoms with van der Waals surface area (Å²) >= 11 is 6.14. The molecule has 0 saturated carbocycles. The molecule has 4 heteroatoms. The van der Waals surface area contributed by atoms with Crippen molar-refractivity contribution in [3.63, 3.8) is 0 Å². The first-order chi connectivity index (χ1) is 8.16. The fraction of sp³-hybridized carbons (Fsp3) is 0.538. The first-order valence-corrected chi connectivity index (χ1v) is 6.45. The van der Waals surface area contributed by atoms with Crippen molar-refractivity contribution < 1.29 is 4.39 Å². The lowest BCUT2D eigenvalue weighted by Crippen LogP contribution is -2.38. The number of piperidine rings is 1. The summed E-state index contributed by atoms with van der Waals surface area (Å²) < 4.78 is 13.1. The van der Waals surface area contributed by atoms with Gasteiger partial charge in [-0.1, -0.05) is 17.7 Å². The Morgan fingerprint density at radius 2 is 2.35 bits per heavy atom. The average molecular weight is 257 g/mol. The Hall–Kier alpha value is -0.800. The summed E-state index contributed by atoms with van der Waals surface area (Å²) in [4.78, 5) is 0. The van der Waals surface area contributed by atoms with Crippen LogP contribution >= 0.6 is 11.6 Å². The minimum absolute atomic E-state index is 0.412. The van der Waals surface area contributed by atoms with Crippen LogP contribution in [0.2, 0.25) is 5.02 Å². The van der Waals surface area contributed by atoms with Gasteiger partial charge in [-0.15, -0.1) is 0 Å². The van der Waals surface area contributed by atoms with Gasteiger partial charge in [-0.3, -0.25) is 0 Å². The first kappa shape index (κ1) is 12.7. The van der Waals surface area contributed by atoms with Gasteiger partial charge in [0.2, 0.25) is 0 Å². The molecule has 0 bridgehead atoms. The Morgan fingerprint density at radius 3 is 2.94 bits per heavy atom. The third kappa shape index (κ3) is 3.33. The van der Waals surface area contributed by atoms with Crippen LogP contribution in [0.25, 0.3) is 0 Å². The lowest BCUT2D eigenvalue weighted by molar-refractivity contribution is 0.374. The Morgan fingerprint density at radius 1 is 1.53 bits per heavy atom. The average Bonchev–Trinajstić information content (AvgIpc) is 2.33. The third-order valence-corrected chi connectivity index (χ3v) is 3.42. The lowest BCUT2D eigenvalue weighted by Gasteiger charge is -2.25. The normalized spacial score (nSPS) is 22.2. The number of alkyl halides is 1. The van der Waals surface area contributed by atoms with Crippen LogP contribution in [0.4, 0.5) is 10.1 Å². The van der Waals surface area contributed by atoms with Crippen LogP contribution in [-0.4, -0.2) is 19.1 Å². The number of anilines is 1. The fourth-order valence-electron chi connectivity index (χ4n) is 2.09. The van der Waals surface area contributed by atoms with Crippen molar-refractivity contribution in [2.24, 2.45) is 0 Å². The van der Waals surface area contributed by atoms with Crippen LogP contribution in [0, 0.1) is 0 Å². The number of halogens is 2. The van der Waals surface area contributed by atoms with Crippen molar-refractivity contribution in [3.8, 4) is 0 Å². The third-order valence-electron chi connectivity index (χ3n) is 3.11. The lowest BCUT2D eigenvalue weighted by atomic mass is 10.1. The van der Waals surface area contributed by atoms with E-state index in [4.69, 9.17) is 11.6 Å². The fourth-order valence-corrected chi connectivity index (χ4v) is 2.33. The number of hydrogen-bond donors (Lipinski definition) is 2. The maximum absolute atomic E-state index is 13.1. The van der Waals surface area contributed by atoms with Crippen LogP contribution in [0.5, 0.6) is 0 Å². The first-order valence-electron chi connectivity index (χ1n) is 6.07. The molecular weight excluding hydrogens is 239 g/mol. The monoisotopic (exact) mass is 256 g/mol. The molecule has 94 valence electrons. The van der Waals surface area contributed by atoms with E-state index in [9.17, 15) is 4.39 Å². The van der Waals surface area contributed by atoms with Gasteiger partial charge in [0.25, 0.3) is 0 Å². The van der Waals surface area contributed by atoms with E-state index in [0.717, 1.165) is 25.2 Å². The maximum atomic E-state index is 13.1. The van der Waals surface area contributed by atoms with E-state index in [1.807, 2.05) is 6.07 Å². The summed E-state index contributed by atoms with van der Waals surface area (Å²) in [5.74, 6) is 0. The number of nitrogens with one attached hydrogen (secondary N) is 2. The Bertz CT molecular complexity index is 376. The van der Waals surface area contributed by atoms with Crippen molar-refractivity contribution >= 4 is 17.3 Å². The highest BCUT2D eigenvalue weighted by Gasteiger charge is 2.14. The molecule has 2 atom stereocenters. The van der Waals surface area contributed by atoms with Crippen molar-refractivity contribution in [2.45, 2.75) is 32.0 Å². The van der Waals surface area contributed by atoms with Crippen LogP contribution in [0.15, 0.2) is 18.2 Å². The molecule has 2 N–H and O–H groups in total. The van der Waals surface area contributed by atoms with Gasteiger partial charge in [0.1, 0.15) is 6.17 Å². The molecule has 17 heavy (non-hydrogen) atoms. The van der Waals surface area contributed by atoms with Crippen molar-refractivity contribution in [2.75, 3.05) is 18.4 Å². The van der Waals surface area contributed by atoms with E-state index in [2.05, 4.69) is 10.6 Å². The molecule has 1 aliphatic heterocycles. The molecular formula is C13H18ClFN2. The highest BCUT2D eigenvalue weighted by molar-refractivity contribution is 6.33. The van der Waals surface area contributed by atoms with Gasteiger partial charge in [0, 0.05) is 12.6 Å². The largest absolute Gasteiger partial charge is 0.380 e. The molecule has 0 aromatic heterocycles. The smallest absolute Gasteiger partial charge is 0.122 e. The molecule has 0 radical (unpaired) electrons. The quantitative estimate of drug-likeness (QED) is 0.865. The highest BCUT2D eigenvalue weighted by atomic mass is 35.5. The molecule has 1 aromatic rings. The van der Waals surface area contributed by atoms with Crippen LogP contribution in [-0.2, 0) is 0 Å². The molecule has 1 heterocycles. The minimum Gasteiger partial charge on any atom is -0.380 e. The van der Waals surface area contributed by atoms with Crippen molar-refractivity contribution in [1.82, 2.24) is 5.32 Å². The zero-order chi connectivity index (χ0) is 12.3. The molecule has 1 aromatic carbocycles. The molecule has 2 nitrogen and oxygen atoms in total. The Kier molecular flexibility index (Phi) is 4.24. The van der Waals surface area contributed by atoms with Gasteiger partial charge in [0.15, 0.2) is 0 Å². The van der Waals surface area contributed by atoms with E-state index >= 15 is 0 Å². The molecule has 0 aliphatic carbocycles. The Balaban J connectivity index is 2.05. The predicted octanol–water partition coefficient (Wildman–Crippen LogP) is 3.53.